The molecule has 0 bridgehead atoms. The minimum atomic E-state index is 0.321. The Balaban J connectivity index is 2.64. The Morgan fingerprint density at radius 1 is 1.22 bits per heavy atom. The van der Waals surface area contributed by atoms with Crippen LogP contribution in [0.5, 0.6) is 0 Å². The Morgan fingerprint density at radius 2 is 1.89 bits per heavy atom. The lowest BCUT2D eigenvalue weighted by molar-refractivity contribution is 0.731. The molecule has 4 nitrogen and oxygen atoms in total. The van der Waals surface area contributed by atoms with Gasteiger partial charge in [-0.3, -0.25) is 4.68 Å². The predicted octanol–water partition coefficient (Wildman–Crippen LogP) is 3.27. The number of hydrogen-bond acceptors (Lipinski definition) is 3. The molecular weight excluding hydrogens is 248 g/mol. The van der Waals surface area contributed by atoms with Crippen molar-refractivity contribution < 1.29 is 0 Å². The van der Waals surface area contributed by atoms with Gasteiger partial charge in [-0.2, -0.15) is 5.10 Å². The van der Waals surface area contributed by atoms with E-state index in [-0.39, 0.29) is 0 Å². The molecule has 0 saturated heterocycles. The molecular formula is C13H17ClN4. The number of hydrogen-bond donors (Lipinski definition) is 0. The summed E-state index contributed by atoms with van der Waals surface area (Å²) in [5.41, 5.74) is 3.89. The molecule has 0 atom stereocenters. The molecule has 0 N–H and O–H groups in total. The molecule has 0 radical (unpaired) electrons. The quantitative estimate of drug-likeness (QED) is 0.782. The average molecular weight is 265 g/mol. The van der Waals surface area contributed by atoms with Gasteiger partial charge in [-0.15, -0.1) is 0 Å². The highest BCUT2D eigenvalue weighted by Gasteiger charge is 2.16. The molecule has 0 fully saturated rings. The van der Waals surface area contributed by atoms with Gasteiger partial charge in [0.25, 0.3) is 0 Å². The molecule has 0 amide bonds. The van der Waals surface area contributed by atoms with Gasteiger partial charge in [-0.25, -0.2) is 9.97 Å². The fraction of sp³-hybridized carbons (Fsp3) is 0.462. The van der Waals surface area contributed by atoms with Gasteiger partial charge in [0.1, 0.15) is 5.15 Å². The Bertz CT molecular complexity index is 587. The van der Waals surface area contributed by atoms with E-state index in [1.54, 1.807) is 0 Å². The van der Waals surface area contributed by atoms with Crippen LogP contribution in [-0.2, 0) is 7.05 Å². The molecule has 2 aromatic heterocycles. The van der Waals surface area contributed by atoms with Crippen LogP contribution in [0.15, 0.2) is 6.07 Å². The van der Waals surface area contributed by atoms with Gasteiger partial charge in [0, 0.05) is 18.4 Å². The van der Waals surface area contributed by atoms with Crippen LogP contribution in [0, 0.1) is 13.8 Å². The van der Waals surface area contributed by atoms with E-state index in [1.165, 1.54) is 0 Å². The topological polar surface area (TPSA) is 43.6 Å². The average Bonchev–Trinajstić information content (AvgIpc) is 2.52. The van der Waals surface area contributed by atoms with Crippen molar-refractivity contribution in [2.75, 3.05) is 0 Å². The standard InChI is InChI=1S/C13H17ClN4/c1-7(2)10-6-11(14)16-13(15-10)12-8(3)17-18(5)9(12)4/h6-7H,1-5H3. The molecule has 0 aromatic carbocycles. The molecule has 2 heterocycles. The number of rotatable bonds is 2. The molecule has 0 unspecified atom stereocenters. The van der Waals surface area contributed by atoms with Gasteiger partial charge in [0.2, 0.25) is 0 Å². The van der Waals surface area contributed by atoms with Crippen molar-refractivity contribution in [2.24, 2.45) is 7.05 Å². The van der Waals surface area contributed by atoms with E-state index in [4.69, 9.17) is 11.6 Å². The Labute approximate surface area is 112 Å². The summed E-state index contributed by atoms with van der Waals surface area (Å²) in [6.45, 7) is 8.15. The van der Waals surface area contributed by atoms with Crippen molar-refractivity contribution in [3.63, 3.8) is 0 Å². The van der Waals surface area contributed by atoms with Crippen LogP contribution in [0.4, 0.5) is 0 Å². The maximum atomic E-state index is 6.08. The fourth-order valence-corrected chi connectivity index (χ4v) is 2.13. The molecule has 2 aromatic rings. The Kier molecular flexibility index (Phi) is 3.39. The smallest absolute Gasteiger partial charge is 0.164 e. The molecule has 0 saturated carbocycles. The number of aromatic nitrogens is 4. The fourth-order valence-electron chi connectivity index (χ4n) is 1.94. The third kappa shape index (κ3) is 2.25. The minimum absolute atomic E-state index is 0.321. The lowest BCUT2D eigenvalue weighted by Crippen LogP contribution is -1.99. The second kappa shape index (κ2) is 4.69. The highest BCUT2D eigenvalue weighted by atomic mass is 35.5. The molecule has 0 aliphatic carbocycles. The summed E-state index contributed by atoms with van der Waals surface area (Å²) in [5.74, 6) is 0.982. The second-order valence-corrected chi connectivity index (χ2v) is 5.15. The van der Waals surface area contributed by atoms with Gasteiger partial charge in [0.05, 0.1) is 11.3 Å². The number of aryl methyl sites for hydroxylation is 2. The predicted molar refractivity (Wildman–Crippen MR) is 72.8 cm³/mol. The van der Waals surface area contributed by atoms with Crippen molar-refractivity contribution in [2.45, 2.75) is 33.6 Å². The third-order valence-corrected chi connectivity index (χ3v) is 3.23. The van der Waals surface area contributed by atoms with E-state index in [0.29, 0.717) is 16.9 Å². The van der Waals surface area contributed by atoms with Crippen LogP contribution in [0.1, 0.15) is 36.8 Å². The van der Waals surface area contributed by atoms with Crippen LogP contribution in [0.2, 0.25) is 5.15 Å². The van der Waals surface area contributed by atoms with E-state index in [9.17, 15) is 0 Å². The second-order valence-electron chi connectivity index (χ2n) is 4.76. The van der Waals surface area contributed by atoms with Crippen molar-refractivity contribution in [1.82, 2.24) is 19.7 Å². The van der Waals surface area contributed by atoms with E-state index < -0.39 is 0 Å². The van der Waals surface area contributed by atoms with Crippen LogP contribution in [-0.4, -0.2) is 19.7 Å². The molecule has 5 heteroatoms. The normalized spacial score (nSPS) is 11.3. The van der Waals surface area contributed by atoms with E-state index in [2.05, 4.69) is 28.9 Å². The first-order chi connectivity index (χ1) is 8.40. The zero-order chi connectivity index (χ0) is 13.4. The molecule has 0 aliphatic rings. The van der Waals surface area contributed by atoms with Gasteiger partial charge in [-0.1, -0.05) is 25.4 Å². The van der Waals surface area contributed by atoms with Crippen LogP contribution < -0.4 is 0 Å². The number of halogens is 1. The summed E-state index contributed by atoms with van der Waals surface area (Å²) in [4.78, 5) is 8.91. The van der Waals surface area contributed by atoms with Crippen LogP contribution in [0.3, 0.4) is 0 Å². The summed E-state index contributed by atoms with van der Waals surface area (Å²) in [6.07, 6.45) is 0. The first kappa shape index (κ1) is 13.0. The Hall–Kier alpha value is -1.42. The zero-order valence-electron chi connectivity index (χ0n) is 11.3. The van der Waals surface area contributed by atoms with Gasteiger partial charge in [0.15, 0.2) is 5.82 Å². The molecule has 18 heavy (non-hydrogen) atoms. The van der Waals surface area contributed by atoms with E-state index in [1.807, 2.05) is 31.6 Å². The van der Waals surface area contributed by atoms with E-state index in [0.717, 1.165) is 22.6 Å². The van der Waals surface area contributed by atoms with Crippen molar-refractivity contribution in [3.8, 4) is 11.4 Å². The molecule has 96 valence electrons. The van der Waals surface area contributed by atoms with Gasteiger partial charge < -0.3 is 0 Å². The number of nitrogens with zero attached hydrogens (tertiary/aromatic N) is 4. The maximum absolute atomic E-state index is 6.08. The first-order valence-corrected chi connectivity index (χ1v) is 6.33. The largest absolute Gasteiger partial charge is 0.272 e. The summed E-state index contributed by atoms with van der Waals surface area (Å²) < 4.78 is 1.84. The highest BCUT2D eigenvalue weighted by Crippen LogP contribution is 2.26. The SMILES string of the molecule is Cc1nn(C)c(C)c1-c1nc(Cl)cc(C(C)C)n1. The molecule has 0 spiro atoms. The molecule has 2 rings (SSSR count). The molecule has 0 aliphatic heterocycles. The summed E-state index contributed by atoms with van der Waals surface area (Å²) in [7, 11) is 1.92. The lowest BCUT2D eigenvalue weighted by atomic mass is 10.1. The zero-order valence-corrected chi connectivity index (χ0v) is 12.1. The maximum Gasteiger partial charge on any atom is 0.164 e. The van der Waals surface area contributed by atoms with Gasteiger partial charge in [-0.05, 0) is 25.8 Å². The highest BCUT2D eigenvalue weighted by molar-refractivity contribution is 6.29. The lowest BCUT2D eigenvalue weighted by Gasteiger charge is -2.08. The van der Waals surface area contributed by atoms with E-state index >= 15 is 0 Å². The van der Waals surface area contributed by atoms with Crippen molar-refractivity contribution >= 4 is 11.6 Å². The summed E-state index contributed by atoms with van der Waals surface area (Å²) >= 11 is 6.08. The van der Waals surface area contributed by atoms with Crippen LogP contribution >= 0.6 is 11.6 Å². The van der Waals surface area contributed by atoms with Crippen LogP contribution in [0.25, 0.3) is 11.4 Å². The third-order valence-electron chi connectivity index (χ3n) is 3.04. The van der Waals surface area contributed by atoms with Crippen molar-refractivity contribution in [1.29, 1.82) is 0 Å². The van der Waals surface area contributed by atoms with Gasteiger partial charge >= 0.3 is 0 Å². The summed E-state index contributed by atoms with van der Waals surface area (Å²) in [6, 6.07) is 1.82. The minimum Gasteiger partial charge on any atom is -0.272 e. The summed E-state index contributed by atoms with van der Waals surface area (Å²) in [5, 5.41) is 4.86. The Morgan fingerprint density at radius 3 is 2.39 bits per heavy atom. The first-order valence-electron chi connectivity index (χ1n) is 5.95. The monoisotopic (exact) mass is 264 g/mol. The van der Waals surface area contributed by atoms with Crippen molar-refractivity contribution in [3.05, 3.63) is 28.3 Å².